The van der Waals surface area contributed by atoms with Gasteiger partial charge in [0.15, 0.2) is 5.78 Å². The summed E-state index contributed by atoms with van der Waals surface area (Å²) in [6, 6.07) is 1.96. The van der Waals surface area contributed by atoms with E-state index in [0.717, 1.165) is 11.1 Å². The summed E-state index contributed by atoms with van der Waals surface area (Å²) in [7, 11) is 0. The van der Waals surface area contributed by atoms with Crippen LogP contribution in [0.2, 0.25) is 0 Å². The molecular formula is C14H16N2O2. The number of rotatable bonds is 2. The first-order chi connectivity index (χ1) is 8.38. The second-order valence-electron chi connectivity index (χ2n) is 5.24. The van der Waals surface area contributed by atoms with E-state index in [2.05, 4.69) is 10.3 Å². The lowest BCUT2D eigenvalue weighted by Crippen LogP contribution is -2.37. The van der Waals surface area contributed by atoms with E-state index in [1.165, 1.54) is 13.0 Å². The number of hydrogen-bond donors (Lipinski definition) is 1. The van der Waals surface area contributed by atoms with Crippen molar-refractivity contribution in [3.8, 4) is 0 Å². The summed E-state index contributed by atoms with van der Waals surface area (Å²) in [5.74, 6) is 0.621. The molecule has 4 heteroatoms. The molecule has 2 rings (SSSR count). The van der Waals surface area contributed by atoms with Crippen LogP contribution in [-0.2, 0) is 16.0 Å². The number of carbonyl (C=O) groups excluding carboxylic acids is 2. The number of fused-ring (bicyclic) bond motifs is 1. The molecule has 1 aromatic rings. The van der Waals surface area contributed by atoms with Gasteiger partial charge in [0, 0.05) is 11.6 Å². The van der Waals surface area contributed by atoms with Gasteiger partial charge in [-0.2, -0.15) is 0 Å². The predicted octanol–water partition coefficient (Wildman–Crippen LogP) is 2.20. The summed E-state index contributed by atoms with van der Waals surface area (Å²) < 4.78 is 0. The summed E-state index contributed by atoms with van der Waals surface area (Å²) in [6.07, 6.45) is 5.55. The van der Waals surface area contributed by atoms with Crippen LogP contribution in [0.4, 0.5) is 5.82 Å². The standard InChI is InChI=1S/C14H16N2O2/c1-9(17)4-5-10-6-11-7-14(2,3)13(18)16-12(11)15-8-10/h4-6,8H,7H2,1-3H3,(H,15,16,18)/b5-4+. The van der Waals surface area contributed by atoms with Crippen LogP contribution < -0.4 is 5.32 Å². The zero-order valence-electron chi connectivity index (χ0n) is 10.8. The fraction of sp³-hybridized carbons (Fsp3) is 0.357. The molecule has 1 aliphatic rings. The van der Waals surface area contributed by atoms with Crippen molar-refractivity contribution in [3.63, 3.8) is 0 Å². The van der Waals surface area contributed by atoms with Crippen LogP contribution in [0.5, 0.6) is 0 Å². The molecule has 0 aromatic carbocycles. The molecule has 94 valence electrons. The van der Waals surface area contributed by atoms with Gasteiger partial charge in [-0.15, -0.1) is 0 Å². The number of pyridine rings is 1. The van der Waals surface area contributed by atoms with Crippen molar-refractivity contribution in [2.24, 2.45) is 5.41 Å². The first-order valence-corrected chi connectivity index (χ1v) is 5.87. The quantitative estimate of drug-likeness (QED) is 0.811. The minimum atomic E-state index is -0.419. The molecular weight excluding hydrogens is 228 g/mol. The highest BCUT2D eigenvalue weighted by Gasteiger charge is 2.33. The van der Waals surface area contributed by atoms with Gasteiger partial charge in [-0.05, 0) is 42.7 Å². The average Bonchev–Trinajstić information content (AvgIpc) is 2.27. The van der Waals surface area contributed by atoms with Gasteiger partial charge in [0.05, 0.1) is 0 Å². The Hall–Kier alpha value is -1.97. The Balaban J connectivity index is 2.33. The Labute approximate surface area is 106 Å². The van der Waals surface area contributed by atoms with Gasteiger partial charge in [-0.1, -0.05) is 13.8 Å². The van der Waals surface area contributed by atoms with Crippen molar-refractivity contribution in [1.82, 2.24) is 4.98 Å². The Morgan fingerprint density at radius 3 is 2.89 bits per heavy atom. The summed E-state index contributed by atoms with van der Waals surface area (Å²) >= 11 is 0. The lowest BCUT2D eigenvalue weighted by atomic mass is 9.82. The first kappa shape index (κ1) is 12.5. The van der Waals surface area contributed by atoms with E-state index in [-0.39, 0.29) is 11.7 Å². The van der Waals surface area contributed by atoms with E-state index in [0.29, 0.717) is 12.2 Å². The van der Waals surface area contributed by atoms with Crippen molar-refractivity contribution in [1.29, 1.82) is 0 Å². The van der Waals surface area contributed by atoms with E-state index in [9.17, 15) is 9.59 Å². The number of nitrogens with one attached hydrogen (secondary N) is 1. The summed E-state index contributed by atoms with van der Waals surface area (Å²) in [4.78, 5) is 26.9. The molecule has 0 saturated heterocycles. The van der Waals surface area contributed by atoms with Crippen LogP contribution in [0.25, 0.3) is 6.08 Å². The van der Waals surface area contributed by atoms with Crippen LogP contribution in [-0.4, -0.2) is 16.7 Å². The zero-order valence-corrected chi connectivity index (χ0v) is 10.8. The molecule has 1 aromatic heterocycles. The monoisotopic (exact) mass is 244 g/mol. The Bertz CT molecular complexity index is 545. The van der Waals surface area contributed by atoms with E-state index >= 15 is 0 Å². The van der Waals surface area contributed by atoms with E-state index in [1.807, 2.05) is 19.9 Å². The van der Waals surface area contributed by atoms with Crippen LogP contribution in [0.3, 0.4) is 0 Å². The van der Waals surface area contributed by atoms with Gasteiger partial charge in [-0.25, -0.2) is 4.98 Å². The van der Waals surface area contributed by atoms with Crippen molar-refractivity contribution in [2.75, 3.05) is 5.32 Å². The lowest BCUT2D eigenvalue weighted by molar-refractivity contribution is -0.124. The normalized spacial score (nSPS) is 17.4. The lowest BCUT2D eigenvalue weighted by Gasteiger charge is -2.29. The summed E-state index contributed by atoms with van der Waals surface area (Å²) in [5.41, 5.74) is 1.46. The highest BCUT2D eigenvalue weighted by atomic mass is 16.2. The maximum absolute atomic E-state index is 11.8. The topological polar surface area (TPSA) is 59.1 Å². The maximum atomic E-state index is 11.8. The van der Waals surface area contributed by atoms with Gasteiger partial charge in [0.25, 0.3) is 0 Å². The predicted molar refractivity (Wildman–Crippen MR) is 70.1 cm³/mol. The Kier molecular flexibility index (Phi) is 3.03. The van der Waals surface area contributed by atoms with Crippen LogP contribution in [0, 0.1) is 5.41 Å². The number of anilines is 1. The first-order valence-electron chi connectivity index (χ1n) is 5.87. The van der Waals surface area contributed by atoms with Crippen molar-refractivity contribution < 1.29 is 9.59 Å². The minimum Gasteiger partial charge on any atom is -0.310 e. The van der Waals surface area contributed by atoms with E-state index in [4.69, 9.17) is 0 Å². The second-order valence-corrected chi connectivity index (χ2v) is 5.24. The summed E-state index contributed by atoms with van der Waals surface area (Å²) in [5, 5.41) is 2.80. The molecule has 1 aliphatic heterocycles. The number of nitrogens with zero attached hydrogens (tertiary/aromatic N) is 1. The molecule has 0 unspecified atom stereocenters. The molecule has 0 atom stereocenters. The van der Waals surface area contributed by atoms with E-state index in [1.54, 1.807) is 12.3 Å². The highest BCUT2D eigenvalue weighted by Crippen LogP contribution is 2.32. The van der Waals surface area contributed by atoms with Gasteiger partial charge in [0.1, 0.15) is 5.82 Å². The SMILES string of the molecule is CC(=O)/C=C/c1cnc2c(c1)CC(C)(C)C(=O)N2. The number of ketones is 1. The zero-order chi connectivity index (χ0) is 13.3. The van der Waals surface area contributed by atoms with Crippen molar-refractivity contribution >= 4 is 23.6 Å². The van der Waals surface area contributed by atoms with Gasteiger partial charge in [0.2, 0.25) is 5.91 Å². The van der Waals surface area contributed by atoms with Crippen molar-refractivity contribution in [2.45, 2.75) is 27.2 Å². The molecule has 2 heterocycles. The number of aromatic nitrogens is 1. The number of carbonyl (C=O) groups is 2. The minimum absolute atomic E-state index is 0.00125. The van der Waals surface area contributed by atoms with Gasteiger partial charge >= 0.3 is 0 Å². The van der Waals surface area contributed by atoms with Gasteiger partial charge in [-0.3, -0.25) is 9.59 Å². The van der Waals surface area contributed by atoms with Crippen molar-refractivity contribution in [3.05, 3.63) is 29.5 Å². The largest absolute Gasteiger partial charge is 0.310 e. The third-order valence-corrected chi connectivity index (χ3v) is 2.98. The van der Waals surface area contributed by atoms with Crippen LogP contribution in [0.15, 0.2) is 18.3 Å². The average molecular weight is 244 g/mol. The smallest absolute Gasteiger partial charge is 0.231 e. The molecule has 0 spiro atoms. The number of amides is 1. The molecule has 0 bridgehead atoms. The molecule has 1 amide bonds. The molecule has 0 saturated carbocycles. The van der Waals surface area contributed by atoms with Gasteiger partial charge < -0.3 is 5.32 Å². The fourth-order valence-corrected chi connectivity index (χ4v) is 1.91. The molecule has 4 nitrogen and oxygen atoms in total. The molecule has 0 radical (unpaired) electrons. The third-order valence-electron chi connectivity index (χ3n) is 2.98. The Morgan fingerprint density at radius 1 is 1.50 bits per heavy atom. The molecule has 1 N–H and O–H groups in total. The van der Waals surface area contributed by atoms with Crippen LogP contribution >= 0.6 is 0 Å². The fourth-order valence-electron chi connectivity index (χ4n) is 1.91. The van der Waals surface area contributed by atoms with Crippen LogP contribution in [0.1, 0.15) is 31.9 Å². The molecule has 18 heavy (non-hydrogen) atoms. The molecule has 0 fully saturated rings. The highest BCUT2D eigenvalue weighted by molar-refractivity contribution is 5.97. The third kappa shape index (κ3) is 2.47. The maximum Gasteiger partial charge on any atom is 0.231 e. The number of hydrogen-bond acceptors (Lipinski definition) is 3. The summed E-state index contributed by atoms with van der Waals surface area (Å²) in [6.45, 7) is 5.32. The Morgan fingerprint density at radius 2 is 2.22 bits per heavy atom. The number of allylic oxidation sites excluding steroid dienone is 1. The second kappa shape index (κ2) is 4.37. The van der Waals surface area contributed by atoms with E-state index < -0.39 is 5.41 Å². The molecule has 0 aliphatic carbocycles.